The van der Waals surface area contributed by atoms with E-state index < -0.39 is 11.0 Å². The number of hydrogen-bond acceptors (Lipinski definition) is 4. The van der Waals surface area contributed by atoms with Crippen molar-refractivity contribution >= 4 is 11.8 Å². The van der Waals surface area contributed by atoms with Gasteiger partial charge in [0, 0.05) is 6.54 Å². The third-order valence-corrected chi connectivity index (χ3v) is 3.03. The van der Waals surface area contributed by atoms with E-state index in [-0.39, 0.29) is 18.4 Å². The van der Waals surface area contributed by atoms with Crippen LogP contribution in [0.4, 0.5) is 0 Å². The summed E-state index contributed by atoms with van der Waals surface area (Å²) < 4.78 is 0. The number of carbonyl (C=O) groups is 2. The van der Waals surface area contributed by atoms with E-state index in [2.05, 4.69) is 11.4 Å². The van der Waals surface area contributed by atoms with Gasteiger partial charge in [0.15, 0.2) is 0 Å². The zero-order valence-corrected chi connectivity index (χ0v) is 10.8. The van der Waals surface area contributed by atoms with Crippen molar-refractivity contribution in [3.63, 3.8) is 0 Å². The van der Waals surface area contributed by atoms with Gasteiger partial charge in [-0.05, 0) is 34.1 Å². The SMILES string of the molecule is CC(C)(C#N)CCN1C(=O)CNC(C)(C)C1=O. The highest BCUT2D eigenvalue weighted by atomic mass is 16.2. The Labute approximate surface area is 102 Å². The molecule has 0 unspecified atom stereocenters. The molecule has 1 rings (SSSR count). The van der Waals surface area contributed by atoms with E-state index in [0.717, 1.165) is 0 Å². The molecule has 0 spiro atoms. The van der Waals surface area contributed by atoms with Crippen LogP contribution in [-0.4, -0.2) is 35.3 Å². The third kappa shape index (κ3) is 3.04. The number of carbonyl (C=O) groups excluding carboxylic acids is 2. The standard InChI is InChI=1S/C12H19N3O2/c1-11(2,8-13)5-6-15-9(16)7-14-12(3,4)10(15)17/h14H,5-7H2,1-4H3. The lowest BCUT2D eigenvalue weighted by atomic mass is 9.90. The summed E-state index contributed by atoms with van der Waals surface area (Å²) in [5.74, 6) is -0.439. The lowest BCUT2D eigenvalue weighted by molar-refractivity contribution is -0.152. The van der Waals surface area contributed by atoms with Crippen molar-refractivity contribution in [2.45, 2.75) is 39.7 Å². The lowest BCUT2D eigenvalue weighted by Crippen LogP contribution is -2.63. The number of nitriles is 1. The van der Waals surface area contributed by atoms with Gasteiger partial charge in [-0.15, -0.1) is 0 Å². The molecule has 1 saturated heterocycles. The maximum absolute atomic E-state index is 12.0. The molecule has 2 amide bonds. The van der Waals surface area contributed by atoms with Crippen LogP contribution in [0.25, 0.3) is 0 Å². The number of hydrogen-bond donors (Lipinski definition) is 1. The van der Waals surface area contributed by atoms with Gasteiger partial charge in [0.2, 0.25) is 11.8 Å². The smallest absolute Gasteiger partial charge is 0.248 e. The van der Waals surface area contributed by atoms with Crippen molar-refractivity contribution in [1.29, 1.82) is 5.26 Å². The molecule has 0 atom stereocenters. The minimum atomic E-state index is -0.704. The molecule has 1 heterocycles. The normalized spacial score (nSPS) is 20.3. The van der Waals surface area contributed by atoms with Gasteiger partial charge in [0.05, 0.1) is 23.6 Å². The third-order valence-electron chi connectivity index (χ3n) is 3.03. The van der Waals surface area contributed by atoms with Crippen LogP contribution in [0, 0.1) is 16.7 Å². The van der Waals surface area contributed by atoms with Crippen LogP contribution in [0.5, 0.6) is 0 Å². The molecular formula is C12H19N3O2. The Kier molecular flexibility index (Phi) is 3.58. The molecule has 0 radical (unpaired) electrons. The summed E-state index contributed by atoms with van der Waals surface area (Å²) in [4.78, 5) is 24.9. The van der Waals surface area contributed by atoms with Crippen molar-refractivity contribution in [3.8, 4) is 6.07 Å². The summed E-state index contributed by atoms with van der Waals surface area (Å²) in [5, 5.41) is 11.8. The van der Waals surface area contributed by atoms with E-state index in [9.17, 15) is 9.59 Å². The molecule has 0 aromatic carbocycles. The number of rotatable bonds is 3. The minimum absolute atomic E-state index is 0.172. The molecule has 0 bridgehead atoms. The van der Waals surface area contributed by atoms with Gasteiger partial charge in [-0.2, -0.15) is 5.26 Å². The summed E-state index contributed by atoms with van der Waals surface area (Å²) in [6.07, 6.45) is 0.497. The fourth-order valence-corrected chi connectivity index (χ4v) is 1.59. The van der Waals surface area contributed by atoms with Crippen molar-refractivity contribution in [2.24, 2.45) is 5.41 Å². The van der Waals surface area contributed by atoms with Crippen LogP contribution >= 0.6 is 0 Å². The highest BCUT2D eigenvalue weighted by molar-refractivity contribution is 6.03. The van der Waals surface area contributed by atoms with Crippen molar-refractivity contribution in [1.82, 2.24) is 10.2 Å². The summed E-state index contributed by atoms with van der Waals surface area (Å²) in [5.41, 5.74) is -1.22. The van der Waals surface area contributed by atoms with E-state index in [1.165, 1.54) is 4.90 Å². The molecule has 1 N–H and O–H groups in total. The Morgan fingerprint density at radius 3 is 2.59 bits per heavy atom. The topological polar surface area (TPSA) is 73.2 Å². The number of nitrogens with zero attached hydrogens (tertiary/aromatic N) is 2. The maximum atomic E-state index is 12.0. The first kappa shape index (κ1) is 13.7. The van der Waals surface area contributed by atoms with Crippen molar-refractivity contribution in [2.75, 3.05) is 13.1 Å². The van der Waals surface area contributed by atoms with Gasteiger partial charge >= 0.3 is 0 Å². The predicted molar refractivity (Wildman–Crippen MR) is 62.8 cm³/mol. The van der Waals surface area contributed by atoms with E-state index >= 15 is 0 Å². The molecule has 1 aliphatic heterocycles. The molecule has 0 aliphatic carbocycles. The Morgan fingerprint density at radius 2 is 2.06 bits per heavy atom. The second kappa shape index (κ2) is 4.46. The minimum Gasteiger partial charge on any atom is -0.295 e. The van der Waals surface area contributed by atoms with Crippen LogP contribution < -0.4 is 5.32 Å². The highest BCUT2D eigenvalue weighted by Crippen LogP contribution is 2.21. The van der Waals surface area contributed by atoms with Gasteiger partial charge in [-0.25, -0.2) is 0 Å². The summed E-state index contributed by atoms with van der Waals surface area (Å²) in [6, 6.07) is 2.17. The highest BCUT2D eigenvalue weighted by Gasteiger charge is 2.40. The molecule has 0 saturated carbocycles. The predicted octanol–water partition coefficient (Wildman–Crippen LogP) is 0.663. The molecule has 0 aromatic rings. The fraction of sp³-hybridized carbons (Fsp3) is 0.750. The molecule has 17 heavy (non-hydrogen) atoms. The van der Waals surface area contributed by atoms with Crippen LogP contribution in [0.15, 0.2) is 0 Å². The Balaban J connectivity index is 2.72. The number of imide groups is 1. The average molecular weight is 237 g/mol. The first-order chi connectivity index (χ1) is 7.69. The Morgan fingerprint density at radius 1 is 1.47 bits per heavy atom. The van der Waals surface area contributed by atoms with Crippen molar-refractivity contribution < 1.29 is 9.59 Å². The largest absolute Gasteiger partial charge is 0.295 e. The van der Waals surface area contributed by atoms with E-state index in [1.807, 2.05) is 0 Å². The van der Waals surface area contributed by atoms with Crippen LogP contribution in [0.2, 0.25) is 0 Å². The average Bonchev–Trinajstić information content (AvgIpc) is 2.24. The lowest BCUT2D eigenvalue weighted by Gasteiger charge is -2.37. The molecule has 1 aliphatic rings. The zero-order chi connectivity index (χ0) is 13.3. The first-order valence-corrected chi connectivity index (χ1v) is 5.71. The summed E-state index contributed by atoms with van der Waals surface area (Å²) in [7, 11) is 0. The molecule has 94 valence electrons. The summed E-state index contributed by atoms with van der Waals surface area (Å²) >= 11 is 0. The molecule has 5 heteroatoms. The maximum Gasteiger partial charge on any atom is 0.248 e. The van der Waals surface area contributed by atoms with Gasteiger partial charge in [-0.1, -0.05) is 0 Å². The summed E-state index contributed by atoms with van der Waals surface area (Å²) in [6.45, 7) is 7.59. The number of piperazine rings is 1. The van der Waals surface area contributed by atoms with Crippen LogP contribution in [-0.2, 0) is 9.59 Å². The van der Waals surface area contributed by atoms with Gasteiger partial charge in [0.25, 0.3) is 0 Å². The monoisotopic (exact) mass is 237 g/mol. The van der Waals surface area contributed by atoms with E-state index in [1.54, 1.807) is 27.7 Å². The number of nitrogens with one attached hydrogen (secondary N) is 1. The van der Waals surface area contributed by atoms with Crippen LogP contribution in [0.3, 0.4) is 0 Å². The quantitative estimate of drug-likeness (QED) is 0.732. The molecule has 5 nitrogen and oxygen atoms in total. The fourth-order valence-electron chi connectivity index (χ4n) is 1.59. The molecule has 1 fully saturated rings. The Bertz CT molecular complexity index is 380. The second-order valence-electron chi connectivity index (χ2n) is 5.57. The van der Waals surface area contributed by atoms with Gasteiger partial charge < -0.3 is 0 Å². The first-order valence-electron chi connectivity index (χ1n) is 5.71. The molecular weight excluding hydrogens is 218 g/mol. The van der Waals surface area contributed by atoms with Crippen molar-refractivity contribution in [3.05, 3.63) is 0 Å². The van der Waals surface area contributed by atoms with Crippen LogP contribution in [0.1, 0.15) is 34.1 Å². The van der Waals surface area contributed by atoms with E-state index in [0.29, 0.717) is 13.0 Å². The zero-order valence-electron chi connectivity index (χ0n) is 10.8. The Hall–Kier alpha value is -1.41. The van der Waals surface area contributed by atoms with Gasteiger partial charge in [0.1, 0.15) is 0 Å². The molecule has 0 aromatic heterocycles. The second-order valence-corrected chi connectivity index (χ2v) is 5.57. The van der Waals surface area contributed by atoms with Gasteiger partial charge in [-0.3, -0.25) is 19.8 Å². The number of amides is 2. The van der Waals surface area contributed by atoms with E-state index in [4.69, 9.17) is 5.26 Å².